The smallest absolute Gasteiger partial charge is 0.264 e. The van der Waals surface area contributed by atoms with Crippen LogP contribution in [0.3, 0.4) is 0 Å². The van der Waals surface area contributed by atoms with E-state index < -0.39 is 15.9 Å². The van der Waals surface area contributed by atoms with Gasteiger partial charge in [0.15, 0.2) is 0 Å². The average molecular weight is 471 g/mol. The second kappa shape index (κ2) is 10.2. The lowest BCUT2D eigenvalue weighted by Crippen LogP contribution is -2.41. The number of carbonyl (C=O) groups is 1. The summed E-state index contributed by atoms with van der Waals surface area (Å²) in [4.78, 5) is 13.1. The van der Waals surface area contributed by atoms with Crippen LogP contribution < -0.4 is 9.62 Å². The zero-order chi connectivity index (χ0) is 23.3. The largest absolute Gasteiger partial charge is 0.348 e. The van der Waals surface area contributed by atoms with Gasteiger partial charge in [-0.1, -0.05) is 61.0 Å². The molecule has 1 atom stereocenters. The Morgan fingerprint density at radius 1 is 1.03 bits per heavy atom. The summed E-state index contributed by atoms with van der Waals surface area (Å²) < 4.78 is 28.0. The quantitative estimate of drug-likeness (QED) is 0.486. The Morgan fingerprint density at radius 3 is 2.28 bits per heavy atom. The van der Waals surface area contributed by atoms with E-state index in [1.165, 1.54) is 17.7 Å². The van der Waals surface area contributed by atoms with E-state index in [1.807, 2.05) is 31.2 Å². The zero-order valence-corrected chi connectivity index (χ0v) is 20.0. The zero-order valence-electron chi connectivity index (χ0n) is 18.4. The Hall–Kier alpha value is -2.83. The van der Waals surface area contributed by atoms with Crippen LogP contribution >= 0.6 is 11.6 Å². The Morgan fingerprint density at radius 2 is 1.69 bits per heavy atom. The fourth-order valence-electron chi connectivity index (χ4n) is 3.46. The fourth-order valence-corrected chi connectivity index (χ4v) is 5.19. The van der Waals surface area contributed by atoms with E-state index in [9.17, 15) is 13.2 Å². The van der Waals surface area contributed by atoms with Gasteiger partial charge in [-0.3, -0.25) is 9.10 Å². The van der Waals surface area contributed by atoms with Crippen molar-refractivity contribution in [2.45, 2.75) is 38.1 Å². The van der Waals surface area contributed by atoms with Gasteiger partial charge in [-0.05, 0) is 67.3 Å². The third-order valence-electron chi connectivity index (χ3n) is 5.31. The molecule has 0 bridgehead atoms. The second-order valence-corrected chi connectivity index (χ2v) is 9.94. The van der Waals surface area contributed by atoms with Crippen molar-refractivity contribution in [3.05, 3.63) is 94.5 Å². The van der Waals surface area contributed by atoms with Gasteiger partial charge in [0, 0.05) is 5.02 Å². The molecule has 0 fully saturated rings. The van der Waals surface area contributed by atoms with E-state index >= 15 is 0 Å². The molecule has 0 spiro atoms. The standard InChI is InChI=1S/C25H27ClN2O3S/c1-4-20-10-12-21(13-11-20)19(3)27-25(29)17-28(24-15-14-22(26)16-18(24)2)32(30,31)23-8-6-5-7-9-23/h5-16,19H,4,17H2,1-3H3,(H,27,29)/t19-/m0/s1. The fraction of sp³-hybridized carbons (Fsp3) is 0.240. The average Bonchev–Trinajstić information content (AvgIpc) is 2.78. The topological polar surface area (TPSA) is 66.5 Å². The molecule has 7 heteroatoms. The van der Waals surface area contributed by atoms with Crippen molar-refractivity contribution < 1.29 is 13.2 Å². The molecule has 3 aromatic carbocycles. The van der Waals surface area contributed by atoms with Crippen LogP contribution in [0.1, 0.15) is 36.6 Å². The number of rotatable bonds is 8. The number of nitrogens with zero attached hydrogens (tertiary/aromatic N) is 1. The van der Waals surface area contributed by atoms with Crippen LogP contribution in [0.4, 0.5) is 5.69 Å². The van der Waals surface area contributed by atoms with Crippen LogP contribution in [0.25, 0.3) is 0 Å². The summed E-state index contributed by atoms with van der Waals surface area (Å²) in [6.45, 7) is 5.38. The van der Waals surface area contributed by atoms with Gasteiger partial charge in [0.05, 0.1) is 16.6 Å². The summed E-state index contributed by atoms with van der Waals surface area (Å²) in [5.41, 5.74) is 3.24. The molecule has 1 N–H and O–H groups in total. The van der Waals surface area contributed by atoms with Gasteiger partial charge in [0.25, 0.3) is 10.0 Å². The molecule has 5 nitrogen and oxygen atoms in total. The minimum atomic E-state index is -3.96. The summed E-state index contributed by atoms with van der Waals surface area (Å²) in [5, 5.41) is 3.41. The Bertz CT molecular complexity index is 1180. The van der Waals surface area contributed by atoms with Crippen LogP contribution in [0.5, 0.6) is 0 Å². The van der Waals surface area contributed by atoms with E-state index in [4.69, 9.17) is 11.6 Å². The van der Waals surface area contributed by atoms with Crippen molar-refractivity contribution >= 4 is 33.2 Å². The van der Waals surface area contributed by atoms with Crippen LogP contribution in [0.15, 0.2) is 77.7 Å². The molecule has 0 heterocycles. The van der Waals surface area contributed by atoms with Crippen LogP contribution in [-0.2, 0) is 21.2 Å². The Labute approximate surface area is 195 Å². The molecule has 168 valence electrons. The molecule has 0 saturated heterocycles. The molecule has 1 amide bonds. The molecule has 0 aliphatic rings. The van der Waals surface area contributed by atoms with Crippen LogP contribution in [-0.4, -0.2) is 20.9 Å². The van der Waals surface area contributed by atoms with Gasteiger partial charge in [-0.25, -0.2) is 8.42 Å². The minimum absolute atomic E-state index is 0.116. The van der Waals surface area contributed by atoms with Gasteiger partial charge in [-0.2, -0.15) is 0 Å². The highest BCUT2D eigenvalue weighted by molar-refractivity contribution is 7.92. The molecule has 0 aromatic heterocycles. The van der Waals surface area contributed by atoms with Gasteiger partial charge >= 0.3 is 0 Å². The second-order valence-electron chi connectivity index (χ2n) is 7.64. The van der Waals surface area contributed by atoms with E-state index in [0.717, 1.165) is 16.3 Å². The molecule has 0 radical (unpaired) electrons. The summed E-state index contributed by atoms with van der Waals surface area (Å²) in [6, 6.07) is 20.8. The third-order valence-corrected chi connectivity index (χ3v) is 7.32. The molecule has 0 aliphatic heterocycles. The first-order chi connectivity index (χ1) is 15.2. The van der Waals surface area contributed by atoms with Crippen LogP contribution in [0.2, 0.25) is 5.02 Å². The van der Waals surface area contributed by atoms with Crippen molar-refractivity contribution in [2.24, 2.45) is 0 Å². The maximum atomic E-state index is 13.4. The lowest BCUT2D eigenvalue weighted by Gasteiger charge is -2.26. The predicted octanol–water partition coefficient (Wildman–Crippen LogP) is 5.28. The van der Waals surface area contributed by atoms with Gasteiger partial charge in [0.1, 0.15) is 6.54 Å². The van der Waals surface area contributed by atoms with Crippen LogP contribution in [0, 0.1) is 6.92 Å². The number of amides is 1. The number of sulfonamides is 1. The van der Waals surface area contributed by atoms with E-state index in [1.54, 1.807) is 43.3 Å². The normalized spacial score (nSPS) is 12.2. The first-order valence-corrected chi connectivity index (χ1v) is 12.3. The number of hydrogen-bond acceptors (Lipinski definition) is 3. The Kier molecular flexibility index (Phi) is 7.59. The lowest BCUT2D eigenvalue weighted by molar-refractivity contribution is -0.120. The molecular weight excluding hydrogens is 444 g/mol. The lowest BCUT2D eigenvalue weighted by atomic mass is 10.1. The SMILES string of the molecule is CCc1ccc([C@H](C)NC(=O)CN(c2ccc(Cl)cc2C)S(=O)(=O)c2ccccc2)cc1. The van der Waals surface area contributed by atoms with Gasteiger partial charge < -0.3 is 5.32 Å². The van der Waals surface area contributed by atoms with Crippen molar-refractivity contribution in [3.8, 4) is 0 Å². The predicted molar refractivity (Wildman–Crippen MR) is 130 cm³/mol. The van der Waals surface area contributed by atoms with E-state index in [-0.39, 0.29) is 17.5 Å². The monoisotopic (exact) mass is 470 g/mol. The number of hydrogen-bond donors (Lipinski definition) is 1. The molecular formula is C25H27ClN2O3S. The van der Waals surface area contributed by atoms with Crippen molar-refractivity contribution in [1.82, 2.24) is 5.32 Å². The molecule has 3 aromatic rings. The molecule has 0 aliphatic carbocycles. The highest BCUT2D eigenvalue weighted by atomic mass is 35.5. The van der Waals surface area contributed by atoms with Crippen molar-refractivity contribution in [2.75, 3.05) is 10.8 Å². The molecule has 0 saturated carbocycles. The molecule has 0 unspecified atom stereocenters. The van der Waals surface area contributed by atoms with E-state index in [0.29, 0.717) is 16.3 Å². The number of nitrogens with one attached hydrogen (secondary N) is 1. The van der Waals surface area contributed by atoms with E-state index in [2.05, 4.69) is 12.2 Å². The summed E-state index contributed by atoms with van der Waals surface area (Å²) in [7, 11) is -3.96. The van der Waals surface area contributed by atoms with Crippen molar-refractivity contribution in [1.29, 1.82) is 0 Å². The molecule has 3 rings (SSSR count). The number of carbonyl (C=O) groups excluding carboxylic acids is 1. The minimum Gasteiger partial charge on any atom is -0.348 e. The molecule has 32 heavy (non-hydrogen) atoms. The van der Waals surface area contributed by atoms with Crippen molar-refractivity contribution in [3.63, 3.8) is 0 Å². The first kappa shape index (κ1) is 23.8. The number of benzene rings is 3. The highest BCUT2D eigenvalue weighted by Gasteiger charge is 2.28. The summed E-state index contributed by atoms with van der Waals surface area (Å²) >= 11 is 6.07. The first-order valence-electron chi connectivity index (χ1n) is 10.4. The number of aryl methyl sites for hydroxylation is 2. The third kappa shape index (κ3) is 5.50. The number of halogens is 1. The number of anilines is 1. The summed E-state index contributed by atoms with van der Waals surface area (Å²) in [5.74, 6) is -0.397. The summed E-state index contributed by atoms with van der Waals surface area (Å²) in [6.07, 6.45) is 0.938. The van der Waals surface area contributed by atoms with Gasteiger partial charge in [-0.15, -0.1) is 0 Å². The maximum Gasteiger partial charge on any atom is 0.264 e. The van der Waals surface area contributed by atoms with Gasteiger partial charge in [0.2, 0.25) is 5.91 Å². The Balaban J connectivity index is 1.89. The maximum absolute atomic E-state index is 13.4. The highest BCUT2D eigenvalue weighted by Crippen LogP contribution is 2.29.